The Hall–Kier alpha value is -1.40. The zero-order chi connectivity index (χ0) is 9.84. The van der Waals surface area contributed by atoms with Crippen molar-refractivity contribution in [1.82, 2.24) is 3.97 Å². The maximum atomic E-state index is 10.4. The molecule has 1 atom stereocenters. The SMILES string of the molecule is O=C(O)/C=C/c1ccn(S(=O)[O-])c1. The first kappa shape index (κ1) is 9.69. The van der Waals surface area contributed by atoms with Crippen LogP contribution in [0.15, 0.2) is 24.5 Å². The molecule has 0 aromatic carbocycles. The molecule has 0 aliphatic heterocycles. The van der Waals surface area contributed by atoms with Gasteiger partial charge in [-0.25, -0.2) is 4.79 Å². The molecule has 0 bridgehead atoms. The lowest BCUT2D eigenvalue weighted by Gasteiger charge is -2.03. The molecule has 0 saturated heterocycles. The molecule has 1 rings (SSSR count). The number of aromatic nitrogens is 1. The van der Waals surface area contributed by atoms with Gasteiger partial charge in [0.25, 0.3) is 0 Å². The minimum Gasteiger partial charge on any atom is -0.755 e. The topological polar surface area (TPSA) is 82.4 Å². The summed E-state index contributed by atoms with van der Waals surface area (Å²) in [7, 11) is 0. The number of aliphatic carboxylic acids is 1. The second kappa shape index (κ2) is 4.01. The fourth-order valence-electron chi connectivity index (χ4n) is 0.751. The van der Waals surface area contributed by atoms with E-state index in [2.05, 4.69) is 0 Å². The largest absolute Gasteiger partial charge is 0.755 e. The Morgan fingerprint density at radius 2 is 2.38 bits per heavy atom. The lowest BCUT2D eigenvalue weighted by atomic mass is 10.3. The van der Waals surface area contributed by atoms with Gasteiger partial charge in [-0.1, -0.05) is 0 Å². The van der Waals surface area contributed by atoms with Crippen molar-refractivity contribution < 1.29 is 18.7 Å². The van der Waals surface area contributed by atoms with Crippen LogP contribution in [0.25, 0.3) is 6.08 Å². The number of hydrogen-bond acceptors (Lipinski definition) is 3. The molecule has 0 saturated carbocycles. The van der Waals surface area contributed by atoms with Gasteiger partial charge >= 0.3 is 5.97 Å². The Morgan fingerprint density at radius 3 is 2.85 bits per heavy atom. The highest BCUT2D eigenvalue weighted by atomic mass is 32.2. The summed E-state index contributed by atoms with van der Waals surface area (Å²) >= 11 is -2.34. The van der Waals surface area contributed by atoms with Crippen LogP contribution >= 0.6 is 0 Å². The fourth-order valence-corrected chi connectivity index (χ4v) is 1.12. The van der Waals surface area contributed by atoms with Crippen LogP contribution in [0, 0.1) is 0 Å². The highest BCUT2D eigenvalue weighted by Crippen LogP contribution is 2.03. The van der Waals surface area contributed by atoms with Gasteiger partial charge in [0.15, 0.2) is 0 Å². The van der Waals surface area contributed by atoms with Crippen LogP contribution in [-0.2, 0) is 16.1 Å². The highest BCUT2D eigenvalue weighted by Gasteiger charge is 1.93. The predicted molar refractivity (Wildman–Crippen MR) is 45.4 cm³/mol. The van der Waals surface area contributed by atoms with Gasteiger partial charge in [0.2, 0.25) is 0 Å². The average molecular weight is 200 g/mol. The van der Waals surface area contributed by atoms with Crippen molar-refractivity contribution in [2.24, 2.45) is 0 Å². The van der Waals surface area contributed by atoms with E-state index in [1.165, 1.54) is 24.5 Å². The van der Waals surface area contributed by atoms with Gasteiger partial charge in [0.05, 0.1) is 11.3 Å². The maximum absolute atomic E-state index is 10.4. The van der Waals surface area contributed by atoms with E-state index >= 15 is 0 Å². The van der Waals surface area contributed by atoms with Crippen molar-refractivity contribution in [1.29, 1.82) is 0 Å². The maximum Gasteiger partial charge on any atom is 0.328 e. The molecule has 5 nitrogen and oxygen atoms in total. The van der Waals surface area contributed by atoms with Gasteiger partial charge in [0, 0.05) is 18.5 Å². The van der Waals surface area contributed by atoms with Crippen LogP contribution in [0.1, 0.15) is 5.56 Å². The number of hydrogen-bond donors (Lipinski definition) is 1. The smallest absolute Gasteiger partial charge is 0.328 e. The third-order valence-electron chi connectivity index (χ3n) is 1.28. The van der Waals surface area contributed by atoms with Gasteiger partial charge in [-0.15, -0.1) is 0 Å². The summed E-state index contributed by atoms with van der Waals surface area (Å²) in [5, 5.41) is 8.28. The standard InChI is InChI=1S/C7H7NO4S/c9-7(10)2-1-6-3-4-8(5-6)13(11)12/h1-5H,(H,9,10)(H,11,12)/p-1/b2-1+. The van der Waals surface area contributed by atoms with Gasteiger partial charge in [-0.2, -0.15) is 0 Å². The van der Waals surface area contributed by atoms with Crippen molar-refractivity contribution in [2.45, 2.75) is 0 Å². The minimum atomic E-state index is -2.34. The molecule has 0 spiro atoms. The monoisotopic (exact) mass is 200 g/mol. The summed E-state index contributed by atoms with van der Waals surface area (Å²) in [6.07, 6.45) is 4.88. The minimum absolute atomic E-state index is 0.520. The lowest BCUT2D eigenvalue weighted by molar-refractivity contribution is -0.131. The molecule has 1 N–H and O–H groups in total. The quantitative estimate of drug-likeness (QED) is 0.559. The summed E-state index contributed by atoms with van der Waals surface area (Å²) < 4.78 is 21.7. The molecule has 1 heterocycles. The van der Waals surface area contributed by atoms with Crippen LogP contribution in [-0.4, -0.2) is 23.8 Å². The highest BCUT2D eigenvalue weighted by molar-refractivity contribution is 7.77. The van der Waals surface area contributed by atoms with Gasteiger partial charge in [-0.3, -0.25) is 8.18 Å². The van der Waals surface area contributed by atoms with E-state index < -0.39 is 17.2 Å². The van der Waals surface area contributed by atoms with Crippen LogP contribution in [0.3, 0.4) is 0 Å². The third kappa shape index (κ3) is 2.85. The van der Waals surface area contributed by atoms with E-state index in [1.54, 1.807) is 0 Å². The normalized spacial score (nSPS) is 13.3. The second-order valence-corrected chi connectivity index (χ2v) is 3.05. The first-order valence-corrected chi connectivity index (χ1v) is 4.31. The summed E-state index contributed by atoms with van der Waals surface area (Å²) in [5.41, 5.74) is 0.520. The molecule has 70 valence electrons. The molecule has 6 heteroatoms. The second-order valence-electron chi connectivity index (χ2n) is 2.19. The third-order valence-corrected chi connectivity index (χ3v) is 1.85. The average Bonchev–Trinajstić information content (AvgIpc) is 2.48. The molecule has 0 fully saturated rings. The Bertz CT molecular complexity index is 368. The molecular weight excluding hydrogens is 194 g/mol. The van der Waals surface area contributed by atoms with Crippen molar-refractivity contribution >= 4 is 23.3 Å². The van der Waals surface area contributed by atoms with E-state index in [4.69, 9.17) is 5.11 Å². The summed E-state index contributed by atoms with van der Waals surface area (Å²) in [4.78, 5) is 10.1. The van der Waals surface area contributed by atoms with Gasteiger partial charge in [0.1, 0.15) is 0 Å². The first-order valence-electron chi connectivity index (χ1n) is 3.28. The number of carboxylic acids is 1. The number of carbonyl (C=O) groups is 1. The molecule has 0 amide bonds. The molecular formula is C7H6NO4S-. The zero-order valence-electron chi connectivity index (χ0n) is 6.41. The van der Waals surface area contributed by atoms with E-state index in [1.807, 2.05) is 0 Å². The Balaban J connectivity index is 2.80. The van der Waals surface area contributed by atoms with Crippen molar-refractivity contribution in [3.63, 3.8) is 0 Å². The lowest BCUT2D eigenvalue weighted by Crippen LogP contribution is -1.98. The summed E-state index contributed by atoms with van der Waals surface area (Å²) in [5.74, 6) is -1.07. The first-order chi connectivity index (χ1) is 6.09. The van der Waals surface area contributed by atoms with E-state index in [-0.39, 0.29) is 0 Å². The number of carboxylic acid groups (broad SMARTS) is 1. The molecule has 1 unspecified atom stereocenters. The van der Waals surface area contributed by atoms with Crippen molar-refractivity contribution in [3.05, 3.63) is 30.1 Å². The number of nitrogens with zero attached hydrogens (tertiary/aromatic N) is 1. The van der Waals surface area contributed by atoms with E-state index in [9.17, 15) is 13.6 Å². The van der Waals surface area contributed by atoms with E-state index in [0.29, 0.717) is 5.56 Å². The Labute approximate surface area is 76.7 Å². The zero-order valence-corrected chi connectivity index (χ0v) is 7.23. The fraction of sp³-hybridized carbons (Fsp3) is 0. The van der Waals surface area contributed by atoms with Gasteiger partial charge in [-0.05, 0) is 17.7 Å². The molecule has 1 aromatic heterocycles. The van der Waals surface area contributed by atoms with Crippen LogP contribution < -0.4 is 0 Å². The Morgan fingerprint density at radius 1 is 1.69 bits per heavy atom. The molecule has 0 aliphatic rings. The summed E-state index contributed by atoms with van der Waals surface area (Å²) in [6.45, 7) is 0. The Kier molecular flexibility index (Phi) is 2.99. The van der Waals surface area contributed by atoms with E-state index in [0.717, 1.165) is 10.0 Å². The molecule has 13 heavy (non-hydrogen) atoms. The van der Waals surface area contributed by atoms with Crippen molar-refractivity contribution in [3.8, 4) is 0 Å². The molecule has 1 aromatic rings. The summed E-state index contributed by atoms with van der Waals surface area (Å²) in [6, 6.07) is 1.50. The van der Waals surface area contributed by atoms with Crippen LogP contribution in [0.2, 0.25) is 0 Å². The van der Waals surface area contributed by atoms with Crippen LogP contribution in [0.4, 0.5) is 0 Å². The van der Waals surface area contributed by atoms with Crippen LogP contribution in [0.5, 0.6) is 0 Å². The predicted octanol–water partition coefficient (Wildman–Crippen LogP) is 0.228. The molecule has 0 radical (unpaired) electrons. The van der Waals surface area contributed by atoms with Crippen molar-refractivity contribution in [2.75, 3.05) is 0 Å². The number of rotatable bonds is 3. The van der Waals surface area contributed by atoms with Gasteiger partial charge < -0.3 is 9.66 Å². The molecule has 0 aliphatic carbocycles.